The van der Waals surface area contributed by atoms with Crippen molar-refractivity contribution in [2.24, 2.45) is 5.92 Å². The maximum atomic E-state index is 12.7. The summed E-state index contributed by atoms with van der Waals surface area (Å²) >= 11 is 0. The highest BCUT2D eigenvalue weighted by atomic mass is 16.5. The van der Waals surface area contributed by atoms with E-state index in [4.69, 9.17) is 4.74 Å². The van der Waals surface area contributed by atoms with Crippen LogP contribution in [0.2, 0.25) is 0 Å². The first-order chi connectivity index (χ1) is 12.6. The molecule has 26 heavy (non-hydrogen) atoms. The number of amides is 1. The summed E-state index contributed by atoms with van der Waals surface area (Å²) in [5, 5.41) is 3.67. The van der Waals surface area contributed by atoms with Crippen LogP contribution in [0, 0.1) is 19.8 Å². The van der Waals surface area contributed by atoms with E-state index in [2.05, 4.69) is 42.3 Å². The number of ether oxygens (including phenoxy) is 1. The van der Waals surface area contributed by atoms with Gasteiger partial charge in [-0.15, -0.1) is 0 Å². The third-order valence-electron chi connectivity index (χ3n) is 6.47. The molecule has 142 valence electrons. The van der Waals surface area contributed by atoms with Crippen LogP contribution in [0.3, 0.4) is 0 Å². The minimum Gasteiger partial charge on any atom is -0.490 e. The fourth-order valence-electron chi connectivity index (χ4n) is 4.95. The average molecular weight is 357 g/mol. The highest BCUT2D eigenvalue weighted by Gasteiger charge is 2.35. The summed E-state index contributed by atoms with van der Waals surface area (Å²) in [6.45, 7) is 5.87. The normalized spacial score (nSPS) is 29.0. The molecule has 2 atom stereocenters. The zero-order valence-electron chi connectivity index (χ0n) is 16.2. The number of nitrogens with zero attached hydrogens (tertiary/aromatic N) is 1. The van der Waals surface area contributed by atoms with Crippen LogP contribution in [-0.4, -0.2) is 42.1 Å². The van der Waals surface area contributed by atoms with Gasteiger partial charge in [-0.25, -0.2) is 0 Å². The van der Waals surface area contributed by atoms with Crippen molar-refractivity contribution in [1.29, 1.82) is 0 Å². The summed E-state index contributed by atoms with van der Waals surface area (Å²) in [7, 11) is 0. The van der Waals surface area contributed by atoms with Gasteiger partial charge in [0.15, 0.2) is 0 Å². The summed E-state index contributed by atoms with van der Waals surface area (Å²) < 4.78 is 6.24. The molecule has 1 amide bonds. The molecule has 3 aliphatic rings. The predicted octanol–water partition coefficient (Wildman–Crippen LogP) is 3.59. The van der Waals surface area contributed by atoms with Crippen molar-refractivity contribution >= 4 is 5.91 Å². The molecule has 0 saturated carbocycles. The van der Waals surface area contributed by atoms with Gasteiger partial charge in [0, 0.05) is 44.4 Å². The van der Waals surface area contributed by atoms with Crippen molar-refractivity contribution in [1.82, 2.24) is 10.2 Å². The molecule has 0 radical (unpaired) electrons. The number of carbonyl (C=O) groups excluding carboxylic acids is 1. The third kappa shape index (κ3) is 4.06. The number of hydrogen-bond donors (Lipinski definition) is 1. The quantitative estimate of drug-likeness (QED) is 0.896. The number of rotatable bonds is 4. The number of likely N-dealkylation sites (tertiary alicyclic amines) is 1. The molecule has 4 rings (SSSR count). The number of hydrogen-bond acceptors (Lipinski definition) is 3. The Kier molecular flexibility index (Phi) is 5.21. The lowest BCUT2D eigenvalue weighted by Crippen LogP contribution is -2.44. The smallest absolute Gasteiger partial charge is 0.222 e. The van der Waals surface area contributed by atoms with Crippen LogP contribution in [0.4, 0.5) is 0 Å². The Morgan fingerprint density at radius 2 is 1.81 bits per heavy atom. The molecule has 0 spiro atoms. The van der Waals surface area contributed by atoms with Gasteiger partial charge in [0.25, 0.3) is 0 Å². The van der Waals surface area contributed by atoms with Crippen LogP contribution in [0.15, 0.2) is 18.2 Å². The molecule has 4 heteroatoms. The first kappa shape index (κ1) is 17.8. The Labute approximate surface area is 157 Å². The summed E-state index contributed by atoms with van der Waals surface area (Å²) in [5.74, 6) is 1.95. The van der Waals surface area contributed by atoms with Gasteiger partial charge in [-0.1, -0.05) is 12.1 Å². The van der Waals surface area contributed by atoms with E-state index in [1.54, 1.807) is 0 Å². The van der Waals surface area contributed by atoms with Crippen LogP contribution >= 0.6 is 0 Å². The molecule has 1 N–H and O–H groups in total. The zero-order chi connectivity index (χ0) is 18.1. The number of nitrogens with one attached hydrogen (secondary N) is 1. The molecule has 3 saturated heterocycles. The monoisotopic (exact) mass is 356 g/mol. The fraction of sp³-hybridized carbons (Fsp3) is 0.682. The van der Waals surface area contributed by atoms with Crippen molar-refractivity contribution in [3.63, 3.8) is 0 Å². The van der Waals surface area contributed by atoms with Gasteiger partial charge in [0.05, 0.1) is 0 Å². The third-order valence-corrected chi connectivity index (χ3v) is 6.47. The van der Waals surface area contributed by atoms with Gasteiger partial charge in [0.1, 0.15) is 11.9 Å². The van der Waals surface area contributed by atoms with Crippen molar-refractivity contribution in [3.05, 3.63) is 29.3 Å². The number of fused-ring (bicyclic) bond motifs is 2. The maximum Gasteiger partial charge on any atom is 0.222 e. The molecule has 0 aromatic heterocycles. The number of carbonyl (C=O) groups is 1. The van der Waals surface area contributed by atoms with Crippen LogP contribution < -0.4 is 10.1 Å². The largest absolute Gasteiger partial charge is 0.490 e. The van der Waals surface area contributed by atoms with Gasteiger partial charge in [0.2, 0.25) is 5.91 Å². The number of piperidine rings is 2. The van der Waals surface area contributed by atoms with Crippen LogP contribution in [-0.2, 0) is 4.79 Å². The summed E-state index contributed by atoms with van der Waals surface area (Å²) in [4.78, 5) is 14.8. The highest BCUT2D eigenvalue weighted by molar-refractivity contribution is 5.76. The molecule has 1 aromatic rings. The minimum atomic E-state index is 0.231. The Bertz CT molecular complexity index is 640. The van der Waals surface area contributed by atoms with Crippen LogP contribution in [0.1, 0.15) is 56.1 Å². The predicted molar refractivity (Wildman–Crippen MR) is 103 cm³/mol. The van der Waals surface area contributed by atoms with Gasteiger partial charge < -0.3 is 15.0 Å². The molecular weight excluding hydrogens is 324 g/mol. The number of aryl methyl sites for hydroxylation is 2. The Balaban J connectivity index is 1.25. The molecule has 0 aliphatic carbocycles. The van der Waals surface area contributed by atoms with E-state index in [1.807, 2.05) is 0 Å². The Hall–Kier alpha value is -1.55. The van der Waals surface area contributed by atoms with Gasteiger partial charge in [-0.2, -0.15) is 0 Å². The van der Waals surface area contributed by atoms with Gasteiger partial charge in [-0.05, 0) is 62.6 Å². The van der Waals surface area contributed by atoms with Crippen LogP contribution in [0.5, 0.6) is 5.75 Å². The topological polar surface area (TPSA) is 41.6 Å². The van der Waals surface area contributed by atoms with E-state index in [0.717, 1.165) is 38.1 Å². The van der Waals surface area contributed by atoms with Gasteiger partial charge >= 0.3 is 0 Å². The van der Waals surface area contributed by atoms with E-state index in [9.17, 15) is 4.79 Å². The SMILES string of the molecule is Cc1ccc(C)c(OC2CCN(C(=O)CC3CC4CCC(C3)N4)CC2)c1. The maximum absolute atomic E-state index is 12.7. The lowest BCUT2D eigenvalue weighted by molar-refractivity contribution is -0.134. The molecule has 2 unspecified atom stereocenters. The van der Waals surface area contributed by atoms with E-state index < -0.39 is 0 Å². The molecule has 3 heterocycles. The molecule has 1 aromatic carbocycles. The first-order valence-electron chi connectivity index (χ1n) is 10.3. The highest BCUT2D eigenvalue weighted by Crippen LogP contribution is 2.33. The second-order valence-electron chi connectivity index (χ2n) is 8.65. The lowest BCUT2D eigenvalue weighted by atomic mass is 9.89. The second-order valence-corrected chi connectivity index (χ2v) is 8.65. The summed E-state index contributed by atoms with van der Waals surface area (Å²) in [6, 6.07) is 7.70. The molecule has 3 aliphatic heterocycles. The summed E-state index contributed by atoms with van der Waals surface area (Å²) in [5.41, 5.74) is 2.42. The molecular formula is C22H32N2O2. The average Bonchev–Trinajstić information content (AvgIpc) is 2.97. The van der Waals surface area contributed by atoms with E-state index >= 15 is 0 Å². The molecule has 3 fully saturated rings. The van der Waals surface area contributed by atoms with Crippen molar-refractivity contribution in [2.75, 3.05) is 13.1 Å². The first-order valence-corrected chi connectivity index (χ1v) is 10.3. The molecule has 2 bridgehead atoms. The van der Waals surface area contributed by atoms with E-state index in [0.29, 0.717) is 23.9 Å². The van der Waals surface area contributed by atoms with Crippen molar-refractivity contribution in [3.8, 4) is 5.75 Å². The van der Waals surface area contributed by atoms with Crippen molar-refractivity contribution in [2.45, 2.75) is 77.0 Å². The minimum absolute atomic E-state index is 0.231. The van der Waals surface area contributed by atoms with E-state index in [-0.39, 0.29) is 6.10 Å². The second kappa shape index (κ2) is 7.59. The van der Waals surface area contributed by atoms with Crippen LogP contribution in [0.25, 0.3) is 0 Å². The standard InChI is InChI=1S/C22H32N2O2/c1-15-3-4-16(2)21(11-15)26-20-7-9-24(10-8-20)22(25)14-17-12-18-5-6-19(13-17)23-18/h3-4,11,17-20,23H,5-10,12-14H2,1-2H3. The Morgan fingerprint density at radius 3 is 2.50 bits per heavy atom. The van der Waals surface area contributed by atoms with E-state index in [1.165, 1.54) is 36.8 Å². The summed E-state index contributed by atoms with van der Waals surface area (Å²) in [6.07, 6.45) is 7.84. The zero-order valence-corrected chi connectivity index (χ0v) is 16.2. The van der Waals surface area contributed by atoms with Crippen molar-refractivity contribution < 1.29 is 9.53 Å². The molecule has 4 nitrogen and oxygen atoms in total. The number of benzene rings is 1. The Morgan fingerprint density at radius 1 is 1.12 bits per heavy atom. The van der Waals surface area contributed by atoms with Gasteiger partial charge in [-0.3, -0.25) is 4.79 Å². The fourth-order valence-corrected chi connectivity index (χ4v) is 4.95. The lowest BCUT2D eigenvalue weighted by Gasteiger charge is -2.35.